The largest absolute Gasteiger partial charge is 0.310 e. The lowest BCUT2D eigenvalue weighted by molar-refractivity contribution is 0.686. The summed E-state index contributed by atoms with van der Waals surface area (Å²) >= 11 is 6.19. The Balaban J connectivity index is 1.42. The summed E-state index contributed by atoms with van der Waals surface area (Å²) in [6.45, 7) is 0. The van der Waals surface area contributed by atoms with Crippen LogP contribution in [-0.4, -0.2) is 0 Å². The smallest absolute Gasteiger partial charge is 0.0496 e. The summed E-state index contributed by atoms with van der Waals surface area (Å²) < 4.78 is 0. The predicted molar refractivity (Wildman–Crippen MR) is 163 cm³/mol. The van der Waals surface area contributed by atoms with Gasteiger partial charge in [0.1, 0.15) is 0 Å². The minimum Gasteiger partial charge on any atom is -0.310 e. The van der Waals surface area contributed by atoms with Crippen molar-refractivity contribution in [2.24, 2.45) is 0 Å². The van der Waals surface area contributed by atoms with E-state index in [4.69, 9.17) is 11.6 Å². The van der Waals surface area contributed by atoms with Crippen molar-refractivity contribution < 1.29 is 0 Å². The van der Waals surface area contributed by atoms with Crippen molar-refractivity contribution in [2.45, 2.75) is 25.7 Å². The van der Waals surface area contributed by atoms with Gasteiger partial charge in [0.05, 0.1) is 0 Å². The summed E-state index contributed by atoms with van der Waals surface area (Å²) in [7, 11) is 0. The summed E-state index contributed by atoms with van der Waals surface area (Å²) in [4.78, 5) is 2.41. The van der Waals surface area contributed by atoms with E-state index in [2.05, 4.69) is 126 Å². The fourth-order valence-electron chi connectivity index (χ4n) is 5.44. The molecule has 0 aliphatic heterocycles. The highest BCUT2D eigenvalue weighted by Crippen LogP contribution is 2.40. The monoisotopic (exact) mass is 511 g/mol. The molecule has 186 valence electrons. The van der Waals surface area contributed by atoms with E-state index in [9.17, 15) is 0 Å². The van der Waals surface area contributed by atoms with Gasteiger partial charge in [-0.2, -0.15) is 0 Å². The van der Waals surface area contributed by atoms with Crippen LogP contribution in [-0.2, 0) is 12.8 Å². The molecule has 1 aliphatic carbocycles. The van der Waals surface area contributed by atoms with Crippen molar-refractivity contribution in [1.29, 1.82) is 0 Å². The molecule has 2 heteroatoms. The van der Waals surface area contributed by atoms with E-state index < -0.39 is 0 Å². The maximum atomic E-state index is 6.19. The van der Waals surface area contributed by atoms with Gasteiger partial charge in [-0.25, -0.2) is 0 Å². The fourth-order valence-corrected chi connectivity index (χ4v) is 5.57. The van der Waals surface area contributed by atoms with Gasteiger partial charge in [0.2, 0.25) is 0 Å². The SMILES string of the molecule is Clc1ccc(/C(=C/c2ccc(N(c3ccccc3)c3cccc4c3CCCC4)cc2)c2ccccc2)cc1. The molecule has 5 aromatic carbocycles. The topological polar surface area (TPSA) is 3.24 Å². The number of anilines is 3. The quantitative estimate of drug-likeness (QED) is 0.205. The third-order valence-electron chi connectivity index (χ3n) is 7.33. The molecule has 0 aromatic heterocycles. The molecule has 0 atom stereocenters. The maximum absolute atomic E-state index is 6.19. The predicted octanol–water partition coefficient (Wildman–Crippen LogP) is 10.3. The lowest BCUT2D eigenvalue weighted by atomic mass is 9.90. The zero-order valence-electron chi connectivity index (χ0n) is 21.4. The van der Waals surface area contributed by atoms with Crippen LogP contribution in [0.2, 0.25) is 5.02 Å². The number of nitrogens with zero attached hydrogens (tertiary/aromatic N) is 1. The van der Waals surface area contributed by atoms with E-state index in [1.807, 2.05) is 12.1 Å². The molecule has 0 radical (unpaired) electrons. The Labute approximate surface area is 230 Å². The number of hydrogen-bond donors (Lipinski definition) is 0. The molecule has 0 fully saturated rings. The molecule has 6 rings (SSSR count). The number of rotatable bonds is 6. The van der Waals surface area contributed by atoms with Crippen LogP contribution in [0.25, 0.3) is 11.6 Å². The number of benzene rings is 5. The lowest BCUT2D eigenvalue weighted by Gasteiger charge is -2.30. The number of aryl methyl sites for hydroxylation is 1. The lowest BCUT2D eigenvalue weighted by Crippen LogP contribution is -2.15. The minimum atomic E-state index is 0.745. The average molecular weight is 512 g/mol. The molecule has 0 saturated carbocycles. The molecule has 1 nitrogen and oxygen atoms in total. The number of halogens is 1. The zero-order chi connectivity index (χ0) is 25.7. The Hall–Kier alpha value is -4.07. The van der Waals surface area contributed by atoms with Crippen molar-refractivity contribution >= 4 is 40.3 Å². The van der Waals surface area contributed by atoms with E-state index in [0.717, 1.165) is 22.6 Å². The Morgan fingerprint density at radius 1 is 0.579 bits per heavy atom. The van der Waals surface area contributed by atoms with Crippen LogP contribution >= 0.6 is 11.6 Å². The molecular weight excluding hydrogens is 482 g/mol. The number of para-hydroxylation sites is 1. The minimum absolute atomic E-state index is 0.745. The normalized spacial score (nSPS) is 13.1. The Morgan fingerprint density at radius 2 is 1.21 bits per heavy atom. The molecule has 38 heavy (non-hydrogen) atoms. The second-order valence-electron chi connectivity index (χ2n) is 9.82. The first-order valence-corrected chi connectivity index (χ1v) is 13.7. The van der Waals surface area contributed by atoms with Crippen molar-refractivity contribution in [2.75, 3.05) is 4.90 Å². The van der Waals surface area contributed by atoms with Crippen LogP contribution in [0.5, 0.6) is 0 Å². The molecular formula is C36H30ClN. The molecule has 1 aliphatic rings. The highest BCUT2D eigenvalue weighted by Gasteiger charge is 2.20. The van der Waals surface area contributed by atoms with Gasteiger partial charge >= 0.3 is 0 Å². The van der Waals surface area contributed by atoms with Crippen molar-refractivity contribution in [3.8, 4) is 0 Å². The van der Waals surface area contributed by atoms with Gasteiger partial charge in [0.25, 0.3) is 0 Å². The Morgan fingerprint density at radius 3 is 1.95 bits per heavy atom. The van der Waals surface area contributed by atoms with Gasteiger partial charge in [-0.15, -0.1) is 0 Å². The maximum Gasteiger partial charge on any atom is 0.0496 e. The highest BCUT2D eigenvalue weighted by atomic mass is 35.5. The molecule has 0 heterocycles. The summed E-state index contributed by atoms with van der Waals surface area (Å²) in [6, 6.07) is 45.1. The number of hydrogen-bond acceptors (Lipinski definition) is 1. The van der Waals surface area contributed by atoms with Crippen LogP contribution in [0.3, 0.4) is 0 Å². The first kappa shape index (κ1) is 24.3. The summed E-state index contributed by atoms with van der Waals surface area (Å²) in [5.41, 5.74) is 11.3. The Bertz CT molecular complexity index is 1540. The summed E-state index contributed by atoms with van der Waals surface area (Å²) in [6.07, 6.45) is 7.10. The molecule has 5 aromatic rings. The molecule has 0 N–H and O–H groups in total. The van der Waals surface area contributed by atoms with Gasteiger partial charge in [0.15, 0.2) is 0 Å². The first-order valence-electron chi connectivity index (χ1n) is 13.4. The van der Waals surface area contributed by atoms with Gasteiger partial charge in [0, 0.05) is 22.1 Å². The van der Waals surface area contributed by atoms with Crippen LogP contribution in [0.4, 0.5) is 17.1 Å². The third kappa shape index (κ3) is 5.16. The molecule has 0 spiro atoms. The van der Waals surface area contributed by atoms with Crippen LogP contribution < -0.4 is 4.90 Å². The molecule has 0 bridgehead atoms. The fraction of sp³-hybridized carbons (Fsp3) is 0.111. The van der Waals surface area contributed by atoms with Crippen LogP contribution in [0.1, 0.15) is 40.7 Å². The van der Waals surface area contributed by atoms with Crippen molar-refractivity contribution in [1.82, 2.24) is 0 Å². The van der Waals surface area contributed by atoms with Crippen LogP contribution in [0.15, 0.2) is 127 Å². The first-order chi connectivity index (χ1) is 18.8. The van der Waals surface area contributed by atoms with E-state index >= 15 is 0 Å². The van der Waals surface area contributed by atoms with Gasteiger partial charge in [-0.1, -0.05) is 96.5 Å². The number of fused-ring (bicyclic) bond motifs is 1. The average Bonchev–Trinajstić information content (AvgIpc) is 2.98. The van der Waals surface area contributed by atoms with Crippen LogP contribution in [0, 0.1) is 0 Å². The second kappa shape index (κ2) is 11.1. The van der Waals surface area contributed by atoms with Crippen molar-refractivity contribution in [3.05, 3.63) is 160 Å². The summed E-state index contributed by atoms with van der Waals surface area (Å²) in [5.74, 6) is 0. The molecule has 0 amide bonds. The zero-order valence-corrected chi connectivity index (χ0v) is 22.1. The van der Waals surface area contributed by atoms with Gasteiger partial charge in [-0.3, -0.25) is 0 Å². The molecule has 0 unspecified atom stereocenters. The molecule has 0 saturated heterocycles. The van der Waals surface area contributed by atoms with E-state index in [1.54, 1.807) is 0 Å². The standard InChI is InChI=1S/C36H30ClN/c37-31-22-20-30(21-23-31)35(29-10-3-1-4-11-29)26-27-18-24-33(25-19-27)38(32-14-5-2-6-15-32)36-17-9-13-28-12-7-8-16-34(28)36/h1-6,9-11,13-15,17-26H,7-8,12,16H2/b35-26+. The van der Waals surface area contributed by atoms with Crippen molar-refractivity contribution in [3.63, 3.8) is 0 Å². The van der Waals surface area contributed by atoms with E-state index in [0.29, 0.717) is 0 Å². The summed E-state index contributed by atoms with van der Waals surface area (Å²) in [5, 5.41) is 0.745. The third-order valence-corrected chi connectivity index (χ3v) is 7.58. The Kier molecular flexibility index (Phi) is 7.11. The highest BCUT2D eigenvalue weighted by molar-refractivity contribution is 6.30. The second-order valence-corrected chi connectivity index (χ2v) is 10.3. The van der Waals surface area contributed by atoms with Gasteiger partial charge in [-0.05, 0) is 108 Å². The van der Waals surface area contributed by atoms with Gasteiger partial charge < -0.3 is 4.90 Å². The van der Waals surface area contributed by atoms with E-state index in [1.165, 1.54) is 58.6 Å². The van der Waals surface area contributed by atoms with E-state index in [-0.39, 0.29) is 0 Å².